The SMILES string of the molecule is CN(Cc1ccon1)C(=O)c1ccccc1N(C)C. The number of carbonyl (C=O) groups excluding carboxylic acids is 1. The lowest BCUT2D eigenvalue weighted by molar-refractivity contribution is 0.0783. The molecule has 0 saturated heterocycles. The molecule has 5 nitrogen and oxygen atoms in total. The molecule has 0 unspecified atom stereocenters. The Balaban J connectivity index is 2.19. The van der Waals surface area contributed by atoms with E-state index in [1.165, 1.54) is 6.26 Å². The standard InChI is InChI=1S/C14H17N3O2/c1-16(2)13-7-5-4-6-12(13)14(18)17(3)10-11-8-9-19-15-11/h4-9H,10H2,1-3H3. The molecule has 0 radical (unpaired) electrons. The third-order valence-electron chi connectivity index (χ3n) is 2.85. The van der Waals surface area contributed by atoms with Gasteiger partial charge in [0, 0.05) is 32.9 Å². The summed E-state index contributed by atoms with van der Waals surface area (Å²) >= 11 is 0. The normalized spacial score (nSPS) is 10.3. The third kappa shape index (κ3) is 2.93. The first-order chi connectivity index (χ1) is 9.09. The molecule has 1 aromatic carbocycles. The summed E-state index contributed by atoms with van der Waals surface area (Å²) < 4.78 is 4.77. The Morgan fingerprint density at radius 1 is 1.21 bits per heavy atom. The molecule has 0 N–H and O–H groups in total. The van der Waals surface area contributed by atoms with Gasteiger partial charge in [0.05, 0.1) is 12.1 Å². The van der Waals surface area contributed by atoms with Crippen LogP contribution in [0.2, 0.25) is 0 Å². The molecule has 5 heteroatoms. The van der Waals surface area contributed by atoms with Crippen molar-refractivity contribution in [3.63, 3.8) is 0 Å². The Labute approximate surface area is 112 Å². The molecule has 0 aliphatic carbocycles. The monoisotopic (exact) mass is 259 g/mol. The molecular weight excluding hydrogens is 242 g/mol. The van der Waals surface area contributed by atoms with Gasteiger partial charge in [-0.3, -0.25) is 4.79 Å². The third-order valence-corrected chi connectivity index (χ3v) is 2.85. The zero-order chi connectivity index (χ0) is 13.8. The summed E-state index contributed by atoms with van der Waals surface area (Å²) in [5.74, 6) is -0.0349. The number of para-hydroxylation sites is 1. The second-order valence-corrected chi connectivity index (χ2v) is 4.56. The van der Waals surface area contributed by atoms with Gasteiger partial charge in [-0.25, -0.2) is 0 Å². The van der Waals surface area contributed by atoms with Gasteiger partial charge in [0.1, 0.15) is 12.0 Å². The van der Waals surface area contributed by atoms with Crippen molar-refractivity contribution < 1.29 is 9.32 Å². The Bertz CT molecular complexity index is 550. The maximum Gasteiger partial charge on any atom is 0.256 e. The van der Waals surface area contributed by atoms with Crippen LogP contribution >= 0.6 is 0 Å². The number of hydrogen-bond donors (Lipinski definition) is 0. The number of carbonyl (C=O) groups is 1. The lowest BCUT2D eigenvalue weighted by Gasteiger charge is -2.21. The maximum absolute atomic E-state index is 12.4. The largest absolute Gasteiger partial charge is 0.377 e. The number of hydrogen-bond acceptors (Lipinski definition) is 4. The molecule has 0 aliphatic heterocycles. The van der Waals surface area contributed by atoms with Gasteiger partial charge in [0.15, 0.2) is 0 Å². The van der Waals surface area contributed by atoms with Crippen molar-refractivity contribution in [2.24, 2.45) is 0 Å². The van der Waals surface area contributed by atoms with Crippen LogP contribution in [0.25, 0.3) is 0 Å². The van der Waals surface area contributed by atoms with Gasteiger partial charge in [-0.15, -0.1) is 0 Å². The first-order valence-electron chi connectivity index (χ1n) is 6.00. The number of nitrogens with zero attached hydrogens (tertiary/aromatic N) is 3. The van der Waals surface area contributed by atoms with Gasteiger partial charge in [-0.05, 0) is 12.1 Å². The van der Waals surface area contributed by atoms with E-state index in [0.29, 0.717) is 12.1 Å². The summed E-state index contributed by atoms with van der Waals surface area (Å²) in [7, 11) is 5.59. The molecular formula is C14H17N3O2. The van der Waals surface area contributed by atoms with E-state index in [0.717, 1.165) is 11.4 Å². The Morgan fingerprint density at radius 3 is 2.58 bits per heavy atom. The minimum absolute atomic E-state index is 0.0349. The molecule has 1 amide bonds. The topological polar surface area (TPSA) is 49.6 Å². The van der Waals surface area contributed by atoms with Crippen molar-refractivity contribution >= 4 is 11.6 Å². The summed E-state index contributed by atoms with van der Waals surface area (Å²) in [6.45, 7) is 0.428. The van der Waals surface area contributed by atoms with Gasteiger partial charge in [-0.1, -0.05) is 17.3 Å². The van der Waals surface area contributed by atoms with Crippen LogP contribution in [0.15, 0.2) is 41.1 Å². The second kappa shape index (κ2) is 5.56. The molecule has 0 atom stereocenters. The van der Waals surface area contributed by atoms with Crippen LogP contribution in [0.5, 0.6) is 0 Å². The fourth-order valence-corrected chi connectivity index (χ4v) is 1.88. The van der Waals surface area contributed by atoms with E-state index in [1.54, 1.807) is 18.0 Å². The van der Waals surface area contributed by atoms with Crippen molar-refractivity contribution in [3.8, 4) is 0 Å². The quantitative estimate of drug-likeness (QED) is 0.842. The fraction of sp³-hybridized carbons (Fsp3) is 0.286. The highest BCUT2D eigenvalue weighted by molar-refractivity contribution is 5.99. The summed E-state index contributed by atoms with van der Waals surface area (Å²) in [4.78, 5) is 16.0. The molecule has 0 bridgehead atoms. The van der Waals surface area contributed by atoms with Crippen LogP contribution in [0.3, 0.4) is 0 Å². The minimum Gasteiger partial charge on any atom is -0.377 e. The zero-order valence-corrected chi connectivity index (χ0v) is 11.3. The molecule has 0 aliphatic rings. The minimum atomic E-state index is -0.0349. The molecule has 19 heavy (non-hydrogen) atoms. The highest BCUT2D eigenvalue weighted by Crippen LogP contribution is 2.19. The van der Waals surface area contributed by atoms with E-state index in [2.05, 4.69) is 5.16 Å². The smallest absolute Gasteiger partial charge is 0.256 e. The van der Waals surface area contributed by atoms with Crippen molar-refractivity contribution in [2.45, 2.75) is 6.54 Å². The van der Waals surface area contributed by atoms with Crippen LogP contribution in [0, 0.1) is 0 Å². The van der Waals surface area contributed by atoms with Crippen LogP contribution < -0.4 is 4.90 Å². The van der Waals surface area contributed by atoms with E-state index in [-0.39, 0.29) is 5.91 Å². The highest BCUT2D eigenvalue weighted by Gasteiger charge is 2.17. The fourth-order valence-electron chi connectivity index (χ4n) is 1.88. The molecule has 0 saturated carbocycles. The van der Waals surface area contributed by atoms with Crippen molar-refractivity contribution in [3.05, 3.63) is 47.9 Å². The van der Waals surface area contributed by atoms with Crippen LogP contribution in [0.4, 0.5) is 5.69 Å². The predicted octanol–water partition coefficient (Wildman–Crippen LogP) is 2.01. The van der Waals surface area contributed by atoms with Crippen LogP contribution in [-0.4, -0.2) is 37.1 Å². The summed E-state index contributed by atoms with van der Waals surface area (Å²) in [5, 5.41) is 3.81. The summed E-state index contributed by atoms with van der Waals surface area (Å²) in [6.07, 6.45) is 1.50. The van der Waals surface area contributed by atoms with E-state index in [1.807, 2.05) is 43.3 Å². The van der Waals surface area contributed by atoms with Gasteiger partial charge < -0.3 is 14.3 Å². The number of anilines is 1. The van der Waals surface area contributed by atoms with E-state index >= 15 is 0 Å². The van der Waals surface area contributed by atoms with Gasteiger partial charge in [0.2, 0.25) is 0 Å². The molecule has 100 valence electrons. The van der Waals surface area contributed by atoms with Crippen LogP contribution in [0.1, 0.15) is 16.1 Å². The Hall–Kier alpha value is -2.30. The van der Waals surface area contributed by atoms with Gasteiger partial charge in [0.25, 0.3) is 5.91 Å². The number of benzene rings is 1. The molecule has 2 aromatic rings. The van der Waals surface area contributed by atoms with Crippen molar-refractivity contribution in [1.82, 2.24) is 10.1 Å². The number of amides is 1. The maximum atomic E-state index is 12.4. The summed E-state index contributed by atoms with van der Waals surface area (Å²) in [6, 6.07) is 9.30. The zero-order valence-electron chi connectivity index (χ0n) is 11.3. The average molecular weight is 259 g/mol. The molecule has 2 rings (SSSR count). The van der Waals surface area contributed by atoms with Crippen molar-refractivity contribution in [2.75, 3.05) is 26.0 Å². The summed E-state index contributed by atoms with van der Waals surface area (Å²) in [5.41, 5.74) is 2.32. The van der Waals surface area contributed by atoms with Crippen LogP contribution in [-0.2, 0) is 6.54 Å². The Kier molecular flexibility index (Phi) is 3.85. The lowest BCUT2D eigenvalue weighted by Crippen LogP contribution is -2.28. The highest BCUT2D eigenvalue weighted by atomic mass is 16.5. The van der Waals surface area contributed by atoms with Gasteiger partial charge in [-0.2, -0.15) is 0 Å². The first-order valence-corrected chi connectivity index (χ1v) is 6.00. The van der Waals surface area contributed by atoms with Gasteiger partial charge >= 0.3 is 0 Å². The van der Waals surface area contributed by atoms with E-state index in [4.69, 9.17) is 4.52 Å². The van der Waals surface area contributed by atoms with E-state index in [9.17, 15) is 4.79 Å². The molecule has 1 aromatic heterocycles. The Morgan fingerprint density at radius 2 is 1.95 bits per heavy atom. The second-order valence-electron chi connectivity index (χ2n) is 4.56. The van der Waals surface area contributed by atoms with E-state index < -0.39 is 0 Å². The molecule has 0 fully saturated rings. The molecule has 0 spiro atoms. The number of aromatic nitrogens is 1. The lowest BCUT2D eigenvalue weighted by atomic mass is 10.1. The average Bonchev–Trinajstić information content (AvgIpc) is 2.90. The molecule has 1 heterocycles. The van der Waals surface area contributed by atoms with Crippen molar-refractivity contribution in [1.29, 1.82) is 0 Å². The first kappa shape index (κ1) is 13.1. The predicted molar refractivity (Wildman–Crippen MR) is 73.1 cm³/mol. The number of rotatable bonds is 4.